The van der Waals surface area contributed by atoms with Gasteiger partial charge in [-0.15, -0.1) is 0 Å². The summed E-state index contributed by atoms with van der Waals surface area (Å²) >= 11 is 0. The van der Waals surface area contributed by atoms with E-state index >= 15 is 0 Å². The third-order valence-corrected chi connectivity index (χ3v) is 8.98. The zero-order chi connectivity index (χ0) is 34.4. The summed E-state index contributed by atoms with van der Waals surface area (Å²) in [5, 5.41) is 18.2. The number of unbranched alkanes of at least 4 members (excludes halogenated alkanes) is 3. The van der Waals surface area contributed by atoms with Gasteiger partial charge in [0.15, 0.2) is 0 Å². The maximum Gasteiger partial charge on any atom is 0.343 e. The molecule has 5 heteroatoms. The molecule has 5 aromatic carbocycles. The van der Waals surface area contributed by atoms with Gasteiger partial charge in [-0.3, -0.25) is 0 Å². The molecule has 0 amide bonds. The Hall–Kier alpha value is -5.02. The van der Waals surface area contributed by atoms with Crippen LogP contribution in [0.15, 0.2) is 121 Å². The van der Waals surface area contributed by atoms with Crippen molar-refractivity contribution in [3.63, 3.8) is 0 Å². The fourth-order valence-corrected chi connectivity index (χ4v) is 5.80. The van der Waals surface area contributed by atoms with E-state index in [1.165, 1.54) is 12.0 Å². The Morgan fingerprint density at radius 3 is 1.76 bits per heavy atom. The first kappa shape index (κ1) is 35.3. The van der Waals surface area contributed by atoms with Crippen LogP contribution in [0.4, 0.5) is 0 Å². The SMILES string of the molecule is CCC(C)Cc1ccc(-c2ccc(OC(=O)c3ccc(C(OCCCCCCO)c4ccc(-c5ccc(C#N)cc5)cc4)cc3)cc2)cc1. The molecule has 0 aromatic heterocycles. The minimum absolute atomic E-state index is 0.211. The van der Waals surface area contributed by atoms with Crippen LogP contribution < -0.4 is 4.74 Å². The summed E-state index contributed by atoms with van der Waals surface area (Å²) in [5.41, 5.74) is 8.68. The third kappa shape index (κ3) is 9.99. The van der Waals surface area contributed by atoms with Crippen molar-refractivity contribution in [3.8, 4) is 34.1 Å². The molecule has 0 spiro atoms. The molecule has 5 rings (SSSR count). The predicted octanol–water partition coefficient (Wildman–Crippen LogP) is 10.4. The van der Waals surface area contributed by atoms with Crippen molar-refractivity contribution in [2.45, 2.75) is 58.5 Å². The monoisotopic (exact) mass is 651 g/mol. The number of hydrogen-bond acceptors (Lipinski definition) is 5. The topological polar surface area (TPSA) is 79.6 Å². The quantitative estimate of drug-likeness (QED) is 0.0652. The van der Waals surface area contributed by atoms with E-state index in [9.17, 15) is 4.79 Å². The van der Waals surface area contributed by atoms with Gasteiger partial charge < -0.3 is 14.6 Å². The Morgan fingerprint density at radius 1 is 0.694 bits per heavy atom. The minimum atomic E-state index is -0.415. The number of nitriles is 1. The molecule has 2 unspecified atom stereocenters. The van der Waals surface area contributed by atoms with Gasteiger partial charge in [-0.25, -0.2) is 4.79 Å². The summed E-state index contributed by atoms with van der Waals surface area (Å²) in [6, 6.07) is 41.7. The second-order valence-corrected chi connectivity index (χ2v) is 12.7. The number of rotatable bonds is 16. The molecule has 0 heterocycles. The molecule has 5 nitrogen and oxygen atoms in total. The molecule has 0 aliphatic rings. The summed E-state index contributed by atoms with van der Waals surface area (Å²) in [6.07, 6.45) is 5.60. The fourth-order valence-electron chi connectivity index (χ4n) is 5.80. The highest BCUT2D eigenvalue weighted by atomic mass is 16.5. The van der Waals surface area contributed by atoms with E-state index in [0.29, 0.717) is 29.4 Å². The maximum atomic E-state index is 13.1. The molecule has 0 radical (unpaired) electrons. The maximum absolute atomic E-state index is 13.1. The van der Waals surface area contributed by atoms with Crippen LogP contribution in [0.25, 0.3) is 22.3 Å². The van der Waals surface area contributed by atoms with Crippen molar-refractivity contribution in [1.29, 1.82) is 5.26 Å². The fraction of sp³-hybridized carbons (Fsp3) is 0.273. The number of ether oxygens (including phenoxy) is 2. The highest BCUT2D eigenvalue weighted by molar-refractivity contribution is 5.91. The Bertz CT molecular complexity index is 1790. The highest BCUT2D eigenvalue weighted by Gasteiger charge is 2.17. The van der Waals surface area contributed by atoms with Gasteiger partial charge in [-0.05, 0) is 101 Å². The molecule has 0 saturated carbocycles. The Kier molecular flexibility index (Phi) is 12.9. The van der Waals surface area contributed by atoms with Gasteiger partial charge in [-0.1, -0.05) is 118 Å². The zero-order valence-corrected chi connectivity index (χ0v) is 28.5. The van der Waals surface area contributed by atoms with Crippen LogP contribution in [0.5, 0.6) is 5.75 Å². The van der Waals surface area contributed by atoms with Gasteiger partial charge in [0.25, 0.3) is 0 Å². The molecule has 0 aliphatic carbocycles. The van der Waals surface area contributed by atoms with Gasteiger partial charge in [0.2, 0.25) is 0 Å². The number of carbonyl (C=O) groups is 1. The summed E-state index contributed by atoms with van der Waals surface area (Å²) < 4.78 is 12.2. The van der Waals surface area contributed by atoms with Gasteiger partial charge in [0, 0.05) is 13.2 Å². The summed E-state index contributed by atoms with van der Waals surface area (Å²) in [7, 11) is 0. The van der Waals surface area contributed by atoms with E-state index in [-0.39, 0.29) is 12.7 Å². The van der Waals surface area contributed by atoms with Crippen LogP contribution >= 0.6 is 0 Å². The van der Waals surface area contributed by atoms with E-state index in [1.54, 1.807) is 12.1 Å². The van der Waals surface area contributed by atoms with Crippen LogP contribution in [0.1, 0.15) is 84.7 Å². The van der Waals surface area contributed by atoms with Gasteiger partial charge in [-0.2, -0.15) is 5.26 Å². The average molecular weight is 652 g/mol. The van der Waals surface area contributed by atoms with Crippen LogP contribution in [-0.2, 0) is 11.2 Å². The van der Waals surface area contributed by atoms with Crippen molar-refractivity contribution in [2.24, 2.45) is 5.92 Å². The summed E-state index contributed by atoms with van der Waals surface area (Å²) in [5.74, 6) is 0.751. The first-order valence-electron chi connectivity index (χ1n) is 17.3. The molecule has 0 saturated heterocycles. The summed E-state index contributed by atoms with van der Waals surface area (Å²) in [6.45, 7) is 5.29. The molecule has 2 atom stereocenters. The lowest BCUT2D eigenvalue weighted by molar-refractivity contribution is 0.0730. The average Bonchev–Trinajstić information content (AvgIpc) is 3.15. The molecule has 0 bridgehead atoms. The van der Waals surface area contributed by atoms with Crippen LogP contribution in [0, 0.1) is 17.2 Å². The first-order chi connectivity index (χ1) is 24.0. The number of benzene rings is 5. The molecule has 49 heavy (non-hydrogen) atoms. The second-order valence-electron chi connectivity index (χ2n) is 12.7. The Balaban J connectivity index is 1.25. The molecule has 0 aliphatic heterocycles. The lowest BCUT2D eigenvalue weighted by Crippen LogP contribution is -2.10. The molecule has 1 N–H and O–H groups in total. The largest absolute Gasteiger partial charge is 0.423 e. The van der Waals surface area contributed by atoms with Crippen LogP contribution in [0.3, 0.4) is 0 Å². The van der Waals surface area contributed by atoms with Crippen molar-refractivity contribution >= 4 is 5.97 Å². The van der Waals surface area contributed by atoms with Crippen LogP contribution in [-0.4, -0.2) is 24.3 Å². The van der Waals surface area contributed by atoms with Gasteiger partial charge in [0.1, 0.15) is 11.9 Å². The molecular weight excluding hydrogens is 606 g/mol. The first-order valence-corrected chi connectivity index (χ1v) is 17.3. The smallest absolute Gasteiger partial charge is 0.343 e. The highest BCUT2D eigenvalue weighted by Crippen LogP contribution is 2.30. The number of carbonyl (C=O) groups excluding carboxylic acids is 1. The number of aliphatic hydroxyl groups excluding tert-OH is 1. The third-order valence-electron chi connectivity index (χ3n) is 8.98. The number of esters is 1. The number of hydrogen-bond donors (Lipinski definition) is 1. The van der Waals surface area contributed by atoms with E-state index in [0.717, 1.165) is 65.5 Å². The van der Waals surface area contributed by atoms with Gasteiger partial charge in [0.05, 0.1) is 17.2 Å². The number of nitrogens with zero attached hydrogens (tertiary/aromatic N) is 1. The van der Waals surface area contributed by atoms with E-state index in [4.69, 9.17) is 19.8 Å². The van der Waals surface area contributed by atoms with Crippen LogP contribution in [0.2, 0.25) is 0 Å². The molecule has 250 valence electrons. The standard InChI is InChI=1S/C44H45NO4/c1-3-32(2)30-33-8-12-35(13-9-33)38-24-26-42(27-25-38)49-44(47)41-22-20-40(21-23-41)43(48-29-7-5-4-6-28-46)39-18-16-37(17-19-39)36-14-10-34(31-45)11-15-36/h8-27,32,43,46H,3-7,28-30H2,1-2H3. The summed E-state index contributed by atoms with van der Waals surface area (Å²) in [4.78, 5) is 13.1. The minimum Gasteiger partial charge on any atom is -0.423 e. The predicted molar refractivity (Wildman–Crippen MR) is 196 cm³/mol. The number of aliphatic hydroxyl groups is 1. The van der Waals surface area contributed by atoms with Crippen molar-refractivity contribution in [3.05, 3.63) is 149 Å². The lowest BCUT2D eigenvalue weighted by Gasteiger charge is -2.20. The van der Waals surface area contributed by atoms with Crippen molar-refractivity contribution < 1.29 is 19.4 Å². The Labute approximate surface area is 290 Å². The van der Waals surface area contributed by atoms with E-state index in [1.807, 2.05) is 60.7 Å². The molecule has 5 aromatic rings. The van der Waals surface area contributed by atoms with Crippen molar-refractivity contribution in [2.75, 3.05) is 13.2 Å². The van der Waals surface area contributed by atoms with E-state index in [2.05, 4.69) is 68.4 Å². The van der Waals surface area contributed by atoms with E-state index < -0.39 is 5.97 Å². The molecule has 0 fully saturated rings. The second kappa shape index (κ2) is 17.9. The van der Waals surface area contributed by atoms with Gasteiger partial charge >= 0.3 is 5.97 Å². The molecular formula is C44H45NO4. The lowest BCUT2D eigenvalue weighted by atomic mass is 9.97. The van der Waals surface area contributed by atoms with Crippen molar-refractivity contribution in [1.82, 2.24) is 0 Å². The zero-order valence-electron chi connectivity index (χ0n) is 28.5. The normalized spacial score (nSPS) is 12.2. The Morgan fingerprint density at radius 2 is 1.20 bits per heavy atom.